The molecule has 0 aliphatic heterocycles. The Morgan fingerprint density at radius 3 is 0.844 bits per heavy atom. The molecule has 0 bridgehead atoms. The van der Waals surface area contributed by atoms with E-state index in [1.807, 2.05) is 0 Å². The fourth-order valence-corrected chi connectivity index (χ4v) is 10.9. The molecule has 0 heterocycles. The Labute approximate surface area is 581 Å². The number of esters is 4. The van der Waals surface area contributed by atoms with Crippen molar-refractivity contribution in [2.24, 2.45) is 0 Å². The van der Waals surface area contributed by atoms with Crippen LogP contribution in [0.15, 0.2) is 122 Å². The molecule has 0 amide bonds. The van der Waals surface area contributed by atoms with Crippen LogP contribution in [-0.4, -0.2) is 96.7 Å². The summed E-state index contributed by atoms with van der Waals surface area (Å²) in [6.07, 6.45) is 73.4. The van der Waals surface area contributed by atoms with Crippen LogP contribution in [0.5, 0.6) is 0 Å². The zero-order valence-corrected chi connectivity index (χ0v) is 61.5. The third-order valence-corrected chi connectivity index (χ3v) is 16.8. The molecule has 0 aromatic carbocycles. The summed E-state index contributed by atoms with van der Waals surface area (Å²) in [5.74, 6) is -2.24. The third-order valence-electron chi connectivity index (χ3n) is 14.9. The molecule has 0 aromatic rings. The van der Waals surface area contributed by atoms with Crippen LogP contribution < -0.4 is 0 Å². The molecular weight excluding hydrogens is 1260 g/mol. The number of hydrogen-bond donors (Lipinski definition) is 3. The van der Waals surface area contributed by atoms with Crippen molar-refractivity contribution in [2.45, 2.75) is 303 Å². The summed E-state index contributed by atoms with van der Waals surface area (Å²) >= 11 is 0. The molecule has 17 nitrogen and oxygen atoms in total. The minimum Gasteiger partial charge on any atom is -0.462 e. The average Bonchev–Trinajstić information content (AvgIpc) is 1.09. The number of unbranched alkanes of at least 4 members (excludes halogenated alkanes) is 22. The minimum absolute atomic E-state index is 0.0689. The van der Waals surface area contributed by atoms with E-state index >= 15 is 0 Å². The smallest absolute Gasteiger partial charge is 0.462 e. The lowest BCUT2D eigenvalue weighted by Gasteiger charge is -2.21. The Morgan fingerprint density at radius 1 is 0.302 bits per heavy atom. The van der Waals surface area contributed by atoms with Crippen molar-refractivity contribution in [2.75, 3.05) is 39.6 Å². The van der Waals surface area contributed by atoms with Gasteiger partial charge in [-0.15, -0.1) is 0 Å². The molecule has 0 aliphatic rings. The molecular formula is C77H130O17P2. The highest BCUT2D eigenvalue weighted by Crippen LogP contribution is 2.45. The number of hydrogen-bond acceptors (Lipinski definition) is 15. The van der Waals surface area contributed by atoms with E-state index in [1.165, 1.54) is 12.8 Å². The number of carbonyl (C=O) groups is 4. The molecule has 0 rings (SSSR count). The minimum atomic E-state index is -4.98. The van der Waals surface area contributed by atoms with Crippen LogP contribution in [0, 0.1) is 0 Å². The average molecular weight is 1390 g/mol. The van der Waals surface area contributed by atoms with Gasteiger partial charge in [-0.1, -0.05) is 239 Å². The van der Waals surface area contributed by atoms with E-state index in [0.717, 1.165) is 193 Å². The van der Waals surface area contributed by atoms with Crippen molar-refractivity contribution in [1.82, 2.24) is 0 Å². The van der Waals surface area contributed by atoms with Gasteiger partial charge in [-0.05, 0) is 141 Å². The summed E-state index contributed by atoms with van der Waals surface area (Å²) in [6, 6.07) is 0. The molecule has 19 heteroatoms. The standard InChI is InChI=1S/C77H130O17P2/c1-5-9-13-17-21-25-29-32-35-38-42-45-49-53-57-61-74(79)87-67-72(93-76(81)63-59-55-51-47-41-28-24-20-16-12-8-4)69-91-95(83,84)89-65-71(78)66-90-96(85,86)92-70-73(94-77(82)64-60-56-52-48-44-40-37-34-31-27-23-19-15-11-7-3)68-88-75(80)62-58-54-50-46-43-39-36-33-30-26-22-18-14-10-6-2/h9-11,13-15,20-27,32-37,71-73,78H,5-8,12,16-19,28-31,38-70H2,1-4H3,(H,83,84)(H,85,86)/b13-9-,14-10-,15-11-,24-20-,25-21-,26-22-,27-23-,35-32-,36-33-,37-34-. The van der Waals surface area contributed by atoms with Crippen molar-refractivity contribution in [3.8, 4) is 0 Å². The predicted molar refractivity (Wildman–Crippen MR) is 390 cm³/mol. The van der Waals surface area contributed by atoms with Crippen molar-refractivity contribution >= 4 is 39.5 Å². The van der Waals surface area contributed by atoms with Gasteiger partial charge in [0.15, 0.2) is 12.2 Å². The van der Waals surface area contributed by atoms with Crippen LogP contribution in [0.2, 0.25) is 0 Å². The van der Waals surface area contributed by atoms with Crippen molar-refractivity contribution in [3.05, 3.63) is 122 Å². The highest BCUT2D eigenvalue weighted by molar-refractivity contribution is 7.47. The first kappa shape index (κ1) is 91.5. The molecule has 550 valence electrons. The number of rotatable bonds is 68. The maximum Gasteiger partial charge on any atom is 0.472 e. The van der Waals surface area contributed by atoms with E-state index in [9.17, 15) is 43.2 Å². The molecule has 5 atom stereocenters. The fraction of sp³-hybridized carbons (Fsp3) is 0.688. The Balaban J connectivity index is 5.37. The highest BCUT2D eigenvalue weighted by atomic mass is 31.2. The predicted octanol–water partition coefficient (Wildman–Crippen LogP) is 20.8. The van der Waals surface area contributed by atoms with Gasteiger partial charge >= 0.3 is 39.5 Å². The molecule has 0 aliphatic carbocycles. The van der Waals surface area contributed by atoms with E-state index < -0.39 is 97.5 Å². The van der Waals surface area contributed by atoms with Crippen LogP contribution in [0.4, 0.5) is 0 Å². The number of carbonyl (C=O) groups excluding carboxylic acids is 4. The maximum absolute atomic E-state index is 13.1. The Morgan fingerprint density at radius 2 is 0.542 bits per heavy atom. The second-order valence-electron chi connectivity index (χ2n) is 24.1. The van der Waals surface area contributed by atoms with E-state index in [-0.39, 0.29) is 25.7 Å². The van der Waals surface area contributed by atoms with Gasteiger partial charge in [-0.2, -0.15) is 0 Å². The van der Waals surface area contributed by atoms with Crippen molar-refractivity contribution in [1.29, 1.82) is 0 Å². The van der Waals surface area contributed by atoms with Gasteiger partial charge in [0.2, 0.25) is 0 Å². The first-order valence-corrected chi connectivity index (χ1v) is 39.8. The summed E-state index contributed by atoms with van der Waals surface area (Å²) in [6.45, 7) is 4.42. The topological polar surface area (TPSA) is 237 Å². The molecule has 0 fully saturated rings. The van der Waals surface area contributed by atoms with Crippen LogP contribution in [0.3, 0.4) is 0 Å². The zero-order chi connectivity index (χ0) is 70.4. The van der Waals surface area contributed by atoms with Gasteiger partial charge in [0, 0.05) is 25.7 Å². The number of aliphatic hydroxyl groups is 1. The lowest BCUT2D eigenvalue weighted by Crippen LogP contribution is -2.30. The molecule has 0 radical (unpaired) electrons. The van der Waals surface area contributed by atoms with Crippen LogP contribution in [0.25, 0.3) is 0 Å². The third kappa shape index (κ3) is 68.0. The summed E-state index contributed by atoms with van der Waals surface area (Å²) in [4.78, 5) is 72.7. The number of phosphoric ester groups is 2. The van der Waals surface area contributed by atoms with E-state index in [1.54, 1.807) is 0 Å². The van der Waals surface area contributed by atoms with Crippen LogP contribution in [0.1, 0.15) is 285 Å². The Hall–Kier alpha value is -4.54. The van der Waals surface area contributed by atoms with Gasteiger partial charge < -0.3 is 33.8 Å². The Bertz CT molecular complexity index is 2300. The molecule has 0 spiro atoms. The van der Waals surface area contributed by atoms with Gasteiger partial charge in [-0.25, -0.2) is 9.13 Å². The highest BCUT2D eigenvalue weighted by Gasteiger charge is 2.30. The van der Waals surface area contributed by atoms with Gasteiger partial charge in [0.05, 0.1) is 26.4 Å². The summed E-state index contributed by atoms with van der Waals surface area (Å²) in [5, 5.41) is 10.6. The number of allylic oxidation sites excluding steroid dienone is 20. The van der Waals surface area contributed by atoms with E-state index in [4.69, 9.17) is 37.0 Å². The first-order chi connectivity index (χ1) is 46.7. The fourth-order valence-electron chi connectivity index (χ4n) is 9.36. The summed E-state index contributed by atoms with van der Waals surface area (Å²) in [7, 11) is -9.96. The normalized spacial score (nSPS) is 14.7. The monoisotopic (exact) mass is 1390 g/mol. The molecule has 5 unspecified atom stereocenters. The first-order valence-electron chi connectivity index (χ1n) is 36.8. The quantitative estimate of drug-likeness (QED) is 0.0169. The largest absolute Gasteiger partial charge is 0.472 e. The molecule has 3 N–H and O–H groups in total. The maximum atomic E-state index is 13.1. The second-order valence-corrected chi connectivity index (χ2v) is 27.0. The van der Waals surface area contributed by atoms with Gasteiger partial charge in [0.1, 0.15) is 19.3 Å². The molecule has 96 heavy (non-hydrogen) atoms. The Kier molecular flexibility index (Phi) is 65.7. The van der Waals surface area contributed by atoms with Crippen molar-refractivity contribution in [3.63, 3.8) is 0 Å². The zero-order valence-electron chi connectivity index (χ0n) is 59.8. The number of phosphoric acid groups is 2. The van der Waals surface area contributed by atoms with Crippen molar-refractivity contribution < 1.29 is 80.2 Å². The molecule has 0 aromatic heterocycles. The summed E-state index contributed by atoms with van der Waals surface area (Å²) in [5.41, 5.74) is 0. The van der Waals surface area contributed by atoms with Gasteiger partial charge in [0.25, 0.3) is 0 Å². The van der Waals surface area contributed by atoms with Gasteiger partial charge in [-0.3, -0.25) is 37.3 Å². The van der Waals surface area contributed by atoms with E-state index in [0.29, 0.717) is 25.7 Å². The van der Waals surface area contributed by atoms with E-state index in [2.05, 4.69) is 149 Å². The molecule has 0 saturated carbocycles. The van der Waals surface area contributed by atoms with Crippen LogP contribution in [-0.2, 0) is 65.4 Å². The SMILES string of the molecule is CC/C=C\C/C=C\C/C=C\CCCCCCCC(=O)OCC(COP(=O)(O)OCC(O)COP(=O)(O)OCC(COC(=O)CCCCCCC/C=C\C/C=C\C/C=C\CC)OC(=O)CCCCCCC/C=C\CCCC)OC(=O)CCCCCCC/C=C\C/C=C\C/C=C\CC. The number of ether oxygens (including phenoxy) is 4. The number of aliphatic hydroxyl groups excluding tert-OH is 1. The van der Waals surface area contributed by atoms with Crippen LogP contribution >= 0.6 is 15.6 Å². The summed E-state index contributed by atoms with van der Waals surface area (Å²) < 4.78 is 68.3. The lowest BCUT2D eigenvalue weighted by molar-refractivity contribution is -0.161. The second kappa shape index (κ2) is 69.0. The molecule has 0 saturated heterocycles. The lowest BCUT2D eigenvalue weighted by atomic mass is 10.1.